The Labute approximate surface area is 198 Å². The Morgan fingerprint density at radius 1 is 1.18 bits per heavy atom. The maximum absolute atomic E-state index is 13.8. The van der Waals surface area contributed by atoms with Gasteiger partial charge in [0.15, 0.2) is 23.9 Å². The summed E-state index contributed by atoms with van der Waals surface area (Å²) in [5, 5.41) is 8.86. The molecule has 10 heteroatoms. The number of thiophene rings is 1. The lowest BCUT2D eigenvalue weighted by Crippen LogP contribution is -2.46. The summed E-state index contributed by atoms with van der Waals surface area (Å²) in [6.07, 6.45) is 0. The number of ketones is 1. The van der Waals surface area contributed by atoms with Crippen molar-refractivity contribution < 1.29 is 28.7 Å². The predicted octanol–water partition coefficient (Wildman–Crippen LogP) is 2.70. The van der Waals surface area contributed by atoms with Crippen LogP contribution in [0.4, 0.5) is 5.69 Å². The van der Waals surface area contributed by atoms with E-state index < -0.39 is 23.3 Å². The van der Waals surface area contributed by atoms with E-state index in [1.54, 1.807) is 60.0 Å². The number of primary amides is 1. The van der Waals surface area contributed by atoms with Gasteiger partial charge in [0.1, 0.15) is 11.6 Å². The maximum Gasteiger partial charge on any atom is 0.277 e. The third kappa shape index (κ3) is 3.30. The SMILES string of the molecule is COc1cc(C2=NO[C@]3(C(=O)Nc4ccccc43)[C@H]2C(=O)c2cccs2)ccc1OCC(N)=O. The van der Waals surface area contributed by atoms with Crippen LogP contribution in [-0.2, 0) is 20.0 Å². The Bertz CT molecular complexity index is 1340. The Balaban J connectivity index is 1.61. The van der Waals surface area contributed by atoms with Gasteiger partial charge in [-0.25, -0.2) is 0 Å². The standard InChI is InChI=1S/C24H19N3O6S/c1-31-17-11-13(8-9-16(17)32-12-19(25)28)21-20(22(29)18-7-4-10-34-18)24(33-27-21)14-5-2-3-6-15(14)26-23(24)30/h2-11,20H,12H2,1H3,(H2,25,28)(H,26,30)/t20-,24+/m1/s1. The molecule has 0 unspecified atom stereocenters. The van der Waals surface area contributed by atoms with Gasteiger partial charge in [0.2, 0.25) is 0 Å². The molecule has 1 aromatic heterocycles. The monoisotopic (exact) mass is 477 g/mol. The quantitative estimate of drug-likeness (QED) is 0.504. The molecule has 2 aliphatic heterocycles. The first-order valence-corrected chi connectivity index (χ1v) is 11.2. The minimum absolute atomic E-state index is 0.282. The molecule has 0 saturated heterocycles. The molecule has 0 saturated carbocycles. The highest BCUT2D eigenvalue weighted by molar-refractivity contribution is 7.12. The predicted molar refractivity (Wildman–Crippen MR) is 124 cm³/mol. The molecule has 3 heterocycles. The molecule has 2 atom stereocenters. The zero-order valence-corrected chi connectivity index (χ0v) is 18.8. The highest BCUT2D eigenvalue weighted by Gasteiger charge is 2.63. The van der Waals surface area contributed by atoms with E-state index in [0.717, 1.165) is 0 Å². The number of nitrogens with one attached hydrogen (secondary N) is 1. The third-order valence-corrected chi connectivity index (χ3v) is 6.62. The second kappa shape index (κ2) is 8.31. The van der Waals surface area contributed by atoms with Crippen molar-refractivity contribution in [3.05, 3.63) is 76.0 Å². The van der Waals surface area contributed by atoms with E-state index in [9.17, 15) is 14.4 Å². The summed E-state index contributed by atoms with van der Waals surface area (Å²) >= 11 is 1.28. The van der Waals surface area contributed by atoms with Gasteiger partial charge in [0.05, 0.1) is 12.0 Å². The summed E-state index contributed by atoms with van der Waals surface area (Å²) in [5.74, 6) is -1.82. The van der Waals surface area contributed by atoms with Crippen LogP contribution in [0.3, 0.4) is 0 Å². The molecule has 1 spiro atoms. The summed E-state index contributed by atoms with van der Waals surface area (Å²) in [6.45, 7) is -0.320. The summed E-state index contributed by atoms with van der Waals surface area (Å²) < 4.78 is 10.8. The molecule has 5 rings (SSSR count). The van der Waals surface area contributed by atoms with Crippen molar-refractivity contribution in [1.29, 1.82) is 0 Å². The van der Waals surface area contributed by atoms with Crippen molar-refractivity contribution in [3.8, 4) is 11.5 Å². The molecule has 0 aliphatic carbocycles. The molecule has 3 N–H and O–H groups in total. The largest absolute Gasteiger partial charge is 0.493 e. The number of nitrogens with zero attached hydrogens (tertiary/aromatic N) is 1. The number of hydrogen-bond acceptors (Lipinski definition) is 8. The lowest BCUT2D eigenvalue weighted by Gasteiger charge is -2.26. The highest BCUT2D eigenvalue weighted by atomic mass is 32.1. The molecule has 3 aromatic rings. The first-order valence-electron chi connectivity index (χ1n) is 10.3. The number of carbonyl (C=O) groups excluding carboxylic acids is 3. The minimum atomic E-state index is -1.64. The summed E-state index contributed by atoms with van der Waals surface area (Å²) in [7, 11) is 1.44. The van der Waals surface area contributed by atoms with Crippen molar-refractivity contribution in [2.75, 3.05) is 19.0 Å². The second-order valence-corrected chi connectivity index (χ2v) is 8.65. The fourth-order valence-corrected chi connectivity index (χ4v) is 4.93. The first kappa shape index (κ1) is 21.7. The fourth-order valence-electron chi connectivity index (χ4n) is 4.23. The zero-order chi connectivity index (χ0) is 23.9. The number of Topliss-reactive ketones (excluding diaryl/α,β-unsaturated/α-hetero) is 1. The average Bonchev–Trinajstić information content (AvgIpc) is 3.57. The zero-order valence-electron chi connectivity index (χ0n) is 17.9. The van der Waals surface area contributed by atoms with E-state index >= 15 is 0 Å². The summed E-state index contributed by atoms with van der Waals surface area (Å²) in [6, 6.07) is 15.4. The smallest absolute Gasteiger partial charge is 0.277 e. The van der Waals surface area contributed by atoms with Gasteiger partial charge in [0.25, 0.3) is 17.4 Å². The number of nitrogens with two attached hydrogens (primary N) is 1. The van der Waals surface area contributed by atoms with E-state index in [4.69, 9.17) is 20.0 Å². The van der Waals surface area contributed by atoms with Gasteiger partial charge in [-0.05, 0) is 35.7 Å². The van der Waals surface area contributed by atoms with Gasteiger partial charge in [-0.3, -0.25) is 14.4 Å². The van der Waals surface area contributed by atoms with Gasteiger partial charge in [-0.1, -0.05) is 29.4 Å². The van der Waals surface area contributed by atoms with Crippen molar-refractivity contribution in [3.63, 3.8) is 0 Å². The number of carbonyl (C=O) groups is 3. The number of benzene rings is 2. The molecule has 2 amide bonds. The van der Waals surface area contributed by atoms with Gasteiger partial charge in [0, 0.05) is 16.8 Å². The number of rotatable bonds is 7. The van der Waals surface area contributed by atoms with E-state index in [2.05, 4.69) is 10.5 Å². The van der Waals surface area contributed by atoms with Crippen LogP contribution in [0.15, 0.2) is 65.1 Å². The normalized spacial score (nSPS) is 20.3. The van der Waals surface area contributed by atoms with E-state index in [0.29, 0.717) is 33.2 Å². The molecular weight excluding hydrogens is 458 g/mol. The van der Waals surface area contributed by atoms with Crippen molar-refractivity contribution >= 4 is 40.3 Å². The maximum atomic E-state index is 13.8. The van der Waals surface area contributed by atoms with Crippen molar-refractivity contribution in [2.24, 2.45) is 16.8 Å². The van der Waals surface area contributed by atoms with Gasteiger partial charge in [-0.15, -0.1) is 11.3 Å². The minimum Gasteiger partial charge on any atom is -0.493 e. The van der Waals surface area contributed by atoms with Crippen LogP contribution in [0.5, 0.6) is 11.5 Å². The molecule has 0 fully saturated rings. The van der Waals surface area contributed by atoms with E-state index in [1.165, 1.54) is 18.4 Å². The molecule has 2 aromatic carbocycles. The van der Waals surface area contributed by atoms with Crippen LogP contribution >= 0.6 is 11.3 Å². The van der Waals surface area contributed by atoms with Crippen LogP contribution in [0.1, 0.15) is 20.8 Å². The third-order valence-electron chi connectivity index (χ3n) is 5.74. The van der Waals surface area contributed by atoms with E-state index in [-0.39, 0.29) is 18.1 Å². The number of methoxy groups -OCH3 is 1. The number of fused-ring (bicyclic) bond motifs is 2. The molecule has 34 heavy (non-hydrogen) atoms. The Hall–Kier alpha value is -4.18. The molecule has 9 nitrogen and oxygen atoms in total. The molecule has 0 radical (unpaired) electrons. The molecular formula is C24H19N3O6S. The Morgan fingerprint density at radius 2 is 2.00 bits per heavy atom. The second-order valence-electron chi connectivity index (χ2n) is 7.70. The number of hydrogen-bond donors (Lipinski definition) is 2. The van der Waals surface area contributed by atoms with Crippen molar-refractivity contribution in [2.45, 2.75) is 5.60 Å². The van der Waals surface area contributed by atoms with Crippen LogP contribution in [0, 0.1) is 5.92 Å². The lowest BCUT2D eigenvalue weighted by molar-refractivity contribution is -0.140. The number of para-hydroxylation sites is 1. The van der Waals surface area contributed by atoms with Crippen LogP contribution < -0.4 is 20.5 Å². The van der Waals surface area contributed by atoms with Crippen LogP contribution in [0.2, 0.25) is 0 Å². The Kier molecular flexibility index (Phi) is 5.29. The Morgan fingerprint density at radius 3 is 2.74 bits per heavy atom. The molecule has 2 aliphatic rings. The van der Waals surface area contributed by atoms with Crippen LogP contribution in [-0.4, -0.2) is 37.0 Å². The van der Waals surface area contributed by atoms with Crippen LogP contribution in [0.25, 0.3) is 0 Å². The van der Waals surface area contributed by atoms with Crippen molar-refractivity contribution in [1.82, 2.24) is 0 Å². The lowest BCUT2D eigenvalue weighted by atomic mass is 9.75. The highest BCUT2D eigenvalue weighted by Crippen LogP contribution is 2.50. The fraction of sp³-hybridized carbons (Fsp3) is 0.167. The van der Waals surface area contributed by atoms with Gasteiger partial charge < -0.3 is 25.4 Å². The topological polar surface area (TPSA) is 129 Å². The van der Waals surface area contributed by atoms with E-state index in [1.807, 2.05) is 0 Å². The molecule has 172 valence electrons. The van der Waals surface area contributed by atoms with Gasteiger partial charge in [-0.2, -0.15) is 0 Å². The number of anilines is 1. The first-order chi connectivity index (χ1) is 16.5. The summed E-state index contributed by atoms with van der Waals surface area (Å²) in [5.41, 5.74) is 5.43. The number of amides is 2. The average molecular weight is 477 g/mol. The van der Waals surface area contributed by atoms with Gasteiger partial charge >= 0.3 is 0 Å². The number of ether oxygens (including phenoxy) is 2. The molecule has 0 bridgehead atoms. The summed E-state index contributed by atoms with van der Waals surface area (Å²) in [4.78, 5) is 44.5. The number of oxime groups is 1.